The van der Waals surface area contributed by atoms with Crippen molar-refractivity contribution in [3.05, 3.63) is 41.5 Å². The molecule has 7 nitrogen and oxygen atoms in total. The van der Waals surface area contributed by atoms with Crippen LogP contribution in [0.15, 0.2) is 24.5 Å². The molecule has 0 aliphatic carbocycles. The maximum Gasteiger partial charge on any atom is 0.179 e. The van der Waals surface area contributed by atoms with Crippen LogP contribution in [0.1, 0.15) is 42.6 Å². The van der Waals surface area contributed by atoms with Crippen molar-refractivity contribution in [3.8, 4) is 11.5 Å². The average molecular weight is 413 g/mol. The molecule has 162 valence electrons. The lowest BCUT2D eigenvalue weighted by Gasteiger charge is -2.25. The molecule has 0 saturated carbocycles. The van der Waals surface area contributed by atoms with Crippen LogP contribution < -0.4 is 9.47 Å². The summed E-state index contributed by atoms with van der Waals surface area (Å²) in [6.07, 6.45) is 10.0. The molecule has 2 fully saturated rings. The summed E-state index contributed by atoms with van der Waals surface area (Å²) in [5, 5.41) is 8.48. The summed E-state index contributed by atoms with van der Waals surface area (Å²) in [5.41, 5.74) is 3.05. The van der Waals surface area contributed by atoms with Gasteiger partial charge >= 0.3 is 0 Å². The van der Waals surface area contributed by atoms with Crippen LogP contribution in [0.5, 0.6) is 11.5 Å². The second-order valence-corrected chi connectivity index (χ2v) is 8.25. The summed E-state index contributed by atoms with van der Waals surface area (Å²) in [6, 6.07) is 4.10. The number of nitrogens with zero attached hydrogens (tertiary/aromatic N) is 4. The van der Waals surface area contributed by atoms with Gasteiger partial charge in [-0.3, -0.25) is 4.98 Å². The standard InChI is InChI=1S/C23H32N4O3/c1-28-23-15-24-20(13-22(23)30-10-4-9-27-7-2-3-8-27)12-21-11-18(14-25-26-21)5-6-19-16-29-17-19/h11,13-15,19H,2-10,12,16-17H2,1H3. The van der Waals surface area contributed by atoms with Gasteiger partial charge in [0, 0.05) is 24.9 Å². The van der Waals surface area contributed by atoms with Gasteiger partial charge in [-0.1, -0.05) is 0 Å². The minimum Gasteiger partial charge on any atom is -0.491 e. The van der Waals surface area contributed by atoms with E-state index in [4.69, 9.17) is 14.2 Å². The van der Waals surface area contributed by atoms with Crippen LogP contribution in [0.25, 0.3) is 0 Å². The van der Waals surface area contributed by atoms with Crippen molar-refractivity contribution in [2.75, 3.05) is 46.6 Å². The summed E-state index contributed by atoms with van der Waals surface area (Å²) in [4.78, 5) is 7.03. The number of likely N-dealkylation sites (tertiary alicyclic amines) is 1. The van der Waals surface area contributed by atoms with Crippen LogP contribution in [-0.2, 0) is 17.6 Å². The normalized spacial score (nSPS) is 17.1. The fourth-order valence-corrected chi connectivity index (χ4v) is 3.99. The van der Waals surface area contributed by atoms with E-state index in [1.807, 2.05) is 12.3 Å². The zero-order valence-corrected chi connectivity index (χ0v) is 17.9. The highest BCUT2D eigenvalue weighted by atomic mass is 16.5. The fraction of sp³-hybridized carbons (Fsp3) is 0.609. The molecular weight excluding hydrogens is 380 g/mol. The molecule has 0 N–H and O–H groups in total. The third kappa shape index (κ3) is 5.89. The summed E-state index contributed by atoms with van der Waals surface area (Å²) in [6.45, 7) is 5.99. The zero-order chi connectivity index (χ0) is 20.6. The monoisotopic (exact) mass is 412 g/mol. The first-order chi connectivity index (χ1) is 14.8. The van der Waals surface area contributed by atoms with Crippen LogP contribution in [0.3, 0.4) is 0 Å². The van der Waals surface area contributed by atoms with Gasteiger partial charge in [0.25, 0.3) is 0 Å². The van der Waals surface area contributed by atoms with Gasteiger partial charge in [0.05, 0.1) is 50.7 Å². The Morgan fingerprint density at radius 2 is 1.97 bits per heavy atom. The molecular formula is C23H32N4O3. The molecule has 7 heteroatoms. The highest BCUT2D eigenvalue weighted by Gasteiger charge is 2.18. The van der Waals surface area contributed by atoms with E-state index in [-0.39, 0.29) is 0 Å². The van der Waals surface area contributed by atoms with E-state index in [9.17, 15) is 0 Å². The zero-order valence-electron chi connectivity index (χ0n) is 17.9. The summed E-state index contributed by atoms with van der Waals surface area (Å²) in [7, 11) is 1.65. The van der Waals surface area contributed by atoms with Gasteiger partial charge in [0.1, 0.15) is 0 Å². The van der Waals surface area contributed by atoms with E-state index in [0.29, 0.717) is 24.7 Å². The van der Waals surface area contributed by atoms with Crippen molar-refractivity contribution in [2.45, 2.75) is 38.5 Å². The molecule has 2 aromatic rings. The Morgan fingerprint density at radius 1 is 1.10 bits per heavy atom. The number of pyridine rings is 1. The molecule has 0 aromatic carbocycles. The molecule has 0 radical (unpaired) electrons. The van der Waals surface area contributed by atoms with Crippen molar-refractivity contribution in [2.24, 2.45) is 5.92 Å². The second kappa shape index (κ2) is 10.7. The Labute approximate surface area is 178 Å². The van der Waals surface area contributed by atoms with E-state index in [0.717, 1.165) is 56.2 Å². The largest absolute Gasteiger partial charge is 0.491 e. The third-order valence-corrected chi connectivity index (χ3v) is 5.86. The van der Waals surface area contributed by atoms with E-state index in [1.54, 1.807) is 13.3 Å². The number of methoxy groups -OCH3 is 1. The lowest BCUT2D eigenvalue weighted by Crippen LogP contribution is -2.27. The number of aryl methyl sites for hydroxylation is 1. The molecule has 2 aliphatic heterocycles. The van der Waals surface area contributed by atoms with Gasteiger partial charge in [0.2, 0.25) is 0 Å². The molecule has 0 amide bonds. The highest BCUT2D eigenvalue weighted by Crippen LogP contribution is 2.27. The summed E-state index contributed by atoms with van der Waals surface area (Å²) >= 11 is 0. The minimum absolute atomic E-state index is 0.626. The Hall–Kier alpha value is -2.25. The fourth-order valence-electron chi connectivity index (χ4n) is 3.99. The van der Waals surface area contributed by atoms with Crippen LogP contribution in [0.2, 0.25) is 0 Å². The smallest absolute Gasteiger partial charge is 0.179 e. The van der Waals surface area contributed by atoms with Gasteiger partial charge in [-0.15, -0.1) is 0 Å². The molecule has 2 aromatic heterocycles. The predicted molar refractivity (Wildman–Crippen MR) is 114 cm³/mol. The molecule has 0 spiro atoms. The van der Waals surface area contributed by atoms with Crippen LogP contribution in [0.4, 0.5) is 0 Å². The number of hydrogen-bond acceptors (Lipinski definition) is 7. The number of rotatable bonds is 11. The van der Waals surface area contributed by atoms with Crippen LogP contribution in [0, 0.1) is 5.92 Å². The van der Waals surface area contributed by atoms with Gasteiger partial charge < -0.3 is 19.1 Å². The third-order valence-electron chi connectivity index (χ3n) is 5.86. The molecule has 2 saturated heterocycles. The van der Waals surface area contributed by atoms with Crippen molar-refractivity contribution < 1.29 is 14.2 Å². The Kier molecular flexibility index (Phi) is 7.48. The van der Waals surface area contributed by atoms with Crippen molar-refractivity contribution in [3.63, 3.8) is 0 Å². The number of ether oxygens (including phenoxy) is 3. The van der Waals surface area contributed by atoms with Gasteiger partial charge in [-0.2, -0.15) is 10.2 Å². The molecule has 4 heterocycles. The van der Waals surface area contributed by atoms with Gasteiger partial charge in [-0.25, -0.2) is 0 Å². The van der Waals surface area contributed by atoms with Crippen molar-refractivity contribution >= 4 is 0 Å². The first-order valence-electron chi connectivity index (χ1n) is 11.1. The lowest BCUT2D eigenvalue weighted by molar-refractivity contribution is -0.0352. The SMILES string of the molecule is COc1cnc(Cc2cc(CCC3COC3)cnn2)cc1OCCCN1CCCC1. The maximum atomic E-state index is 6.03. The van der Waals surface area contributed by atoms with E-state index < -0.39 is 0 Å². The topological polar surface area (TPSA) is 69.6 Å². The molecule has 0 bridgehead atoms. The Balaban J connectivity index is 1.32. The predicted octanol–water partition coefficient (Wildman–Crippen LogP) is 2.91. The molecule has 30 heavy (non-hydrogen) atoms. The minimum atomic E-state index is 0.626. The Morgan fingerprint density at radius 3 is 2.73 bits per heavy atom. The first kappa shape index (κ1) is 21.0. The van der Waals surface area contributed by atoms with E-state index in [2.05, 4.69) is 26.1 Å². The lowest BCUT2D eigenvalue weighted by atomic mass is 9.99. The van der Waals surface area contributed by atoms with Crippen LogP contribution >= 0.6 is 0 Å². The van der Waals surface area contributed by atoms with Gasteiger partial charge in [-0.05, 0) is 56.8 Å². The molecule has 0 atom stereocenters. The second-order valence-electron chi connectivity index (χ2n) is 8.25. The summed E-state index contributed by atoms with van der Waals surface area (Å²) < 4.78 is 16.7. The first-order valence-corrected chi connectivity index (χ1v) is 11.1. The maximum absolute atomic E-state index is 6.03. The van der Waals surface area contributed by atoms with Crippen molar-refractivity contribution in [1.29, 1.82) is 0 Å². The van der Waals surface area contributed by atoms with Gasteiger partial charge in [0.15, 0.2) is 11.5 Å². The van der Waals surface area contributed by atoms with Crippen molar-refractivity contribution in [1.82, 2.24) is 20.1 Å². The Bertz CT molecular complexity index is 807. The number of hydrogen-bond donors (Lipinski definition) is 0. The van der Waals surface area contributed by atoms with Crippen LogP contribution in [-0.4, -0.2) is 66.6 Å². The quantitative estimate of drug-likeness (QED) is 0.526. The number of aromatic nitrogens is 3. The molecule has 0 unspecified atom stereocenters. The average Bonchev–Trinajstić information content (AvgIpc) is 3.24. The highest BCUT2D eigenvalue weighted by molar-refractivity contribution is 5.39. The molecule has 4 rings (SSSR count). The van der Waals surface area contributed by atoms with E-state index in [1.165, 1.54) is 31.5 Å². The summed E-state index contributed by atoms with van der Waals surface area (Å²) in [5.74, 6) is 2.11. The van der Waals surface area contributed by atoms with E-state index >= 15 is 0 Å². The molecule has 2 aliphatic rings.